The van der Waals surface area contributed by atoms with Gasteiger partial charge in [0.25, 0.3) is 0 Å². The van der Waals surface area contributed by atoms with Crippen LogP contribution in [0, 0.1) is 0 Å². The number of amides is 1. The molecule has 37 heavy (non-hydrogen) atoms. The lowest BCUT2D eigenvalue weighted by Gasteiger charge is -2.33. The molecule has 5 rings (SSSR count). The van der Waals surface area contributed by atoms with Gasteiger partial charge in [-0.2, -0.15) is 0 Å². The summed E-state index contributed by atoms with van der Waals surface area (Å²) in [5.41, 5.74) is 2.17. The third kappa shape index (κ3) is 5.29. The predicted molar refractivity (Wildman–Crippen MR) is 139 cm³/mol. The summed E-state index contributed by atoms with van der Waals surface area (Å²) in [6.45, 7) is 7.59. The van der Waals surface area contributed by atoms with Crippen LogP contribution in [0.25, 0.3) is 22.7 Å². The number of pyridine rings is 1. The summed E-state index contributed by atoms with van der Waals surface area (Å²) in [4.78, 5) is 18.7. The van der Waals surface area contributed by atoms with Crippen LogP contribution in [0.1, 0.15) is 50.5 Å². The highest BCUT2D eigenvalue weighted by Gasteiger charge is 2.27. The third-order valence-electron chi connectivity index (χ3n) is 6.33. The minimum atomic E-state index is -0.547. The Morgan fingerprint density at radius 2 is 2.14 bits per heavy atom. The van der Waals surface area contributed by atoms with E-state index in [0.717, 1.165) is 30.5 Å². The standard InChI is InChI=1S/C27H31N5O5/c1-27(2,3)37-26(34)29-16-7-6-12-32(14-16)15-19-21(35-4)10-9-18-23(33)22(36-24(18)19)13-20-17-8-5-11-28-25(17)31-30-20/h5,8-11,13,16,33H,6-7,12,14-15H2,1-4H3,(H,29,34)/t16-/m0/s1. The Bertz CT molecular complexity index is 1390. The highest BCUT2D eigenvalue weighted by molar-refractivity contribution is 5.94. The summed E-state index contributed by atoms with van der Waals surface area (Å²) >= 11 is 0. The molecule has 2 aromatic heterocycles. The molecule has 3 aromatic rings. The van der Waals surface area contributed by atoms with Crippen LogP contribution in [0.2, 0.25) is 0 Å². The molecule has 2 aliphatic rings. The molecule has 0 radical (unpaired) electrons. The first kappa shape index (κ1) is 24.8. The Kier molecular flexibility index (Phi) is 6.59. The fraction of sp³-hybridized carbons (Fsp3) is 0.407. The fourth-order valence-corrected chi connectivity index (χ4v) is 4.72. The molecule has 1 fully saturated rings. The van der Waals surface area contributed by atoms with Crippen LogP contribution < -0.4 is 10.1 Å². The average Bonchev–Trinajstić information content (AvgIpc) is 3.40. The maximum absolute atomic E-state index is 12.3. The van der Waals surface area contributed by atoms with Crippen molar-refractivity contribution < 1.29 is 23.8 Å². The second-order valence-electron chi connectivity index (χ2n) is 10.3. The second kappa shape index (κ2) is 9.85. The first-order chi connectivity index (χ1) is 17.7. The lowest BCUT2D eigenvalue weighted by Crippen LogP contribution is -2.48. The number of fused-ring (bicyclic) bond motifs is 2. The van der Waals surface area contributed by atoms with Gasteiger partial charge in [0.05, 0.1) is 18.1 Å². The molecule has 2 N–H and O–H groups in total. The zero-order chi connectivity index (χ0) is 26.2. The number of piperidine rings is 1. The minimum Gasteiger partial charge on any atom is -0.504 e. The van der Waals surface area contributed by atoms with Crippen molar-refractivity contribution in [2.75, 3.05) is 20.2 Å². The van der Waals surface area contributed by atoms with Gasteiger partial charge >= 0.3 is 6.09 Å². The van der Waals surface area contributed by atoms with Gasteiger partial charge in [-0.15, -0.1) is 10.2 Å². The molecule has 4 heterocycles. The number of hydrogen-bond donors (Lipinski definition) is 2. The molecule has 0 aliphatic carbocycles. The number of carbonyl (C=O) groups excluding carboxylic acids is 1. The number of rotatable bonds is 5. The Balaban J connectivity index is 1.40. The van der Waals surface area contributed by atoms with E-state index in [-0.39, 0.29) is 11.8 Å². The lowest BCUT2D eigenvalue weighted by atomic mass is 10.0. The van der Waals surface area contributed by atoms with Gasteiger partial charge < -0.3 is 24.3 Å². The molecule has 1 amide bonds. The normalized spacial score (nSPS) is 18.8. The van der Waals surface area contributed by atoms with E-state index in [4.69, 9.17) is 13.9 Å². The number of carbonyl (C=O) groups is 1. The Morgan fingerprint density at radius 3 is 2.92 bits per heavy atom. The van der Waals surface area contributed by atoms with Gasteiger partial charge in [0.15, 0.2) is 17.3 Å². The molecule has 0 bridgehead atoms. The summed E-state index contributed by atoms with van der Waals surface area (Å²) < 4.78 is 17.3. The molecule has 2 aliphatic heterocycles. The van der Waals surface area contributed by atoms with Crippen molar-refractivity contribution in [1.29, 1.82) is 0 Å². The zero-order valence-electron chi connectivity index (χ0n) is 21.4. The van der Waals surface area contributed by atoms with E-state index < -0.39 is 11.7 Å². The number of methoxy groups -OCH3 is 1. The molecule has 0 saturated carbocycles. The van der Waals surface area contributed by atoms with Crippen LogP contribution in [0.5, 0.6) is 11.5 Å². The number of aromatic nitrogens is 1. The van der Waals surface area contributed by atoms with Gasteiger partial charge in [-0.1, -0.05) is 0 Å². The van der Waals surface area contributed by atoms with Crippen molar-refractivity contribution in [2.24, 2.45) is 10.2 Å². The number of benzene rings is 1. The fourth-order valence-electron chi connectivity index (χ4n) is 4.72. The van der Waals surface area contributed by atoms with Crippen molar-refractivity contribution in [3.8, 4) is 11.5 Å². The van der Waals surface area contributed by atoms with Gasteiger partial charge in [0.1, 0.15) is 22.6 Å². The number of ether oxygens (including phenoxy) is 2. The summed E-state index contributed by atoms with van der Waals surface area (Å²) in [7, 11) is 1.61. The highest BCUT2D eigenvalue weighted by atomic mass is 16.6. The third-order valence-corrected chi connectivity index (χ3v) is 6.33. The highest BCUT2D eigenvalue weighted by Crippen LogP contribution is 2.41. The average molecular weight is 506 g/mol. The Hall–Kier alpha value is -3.92. The maximum Gasteiger partial charge on any atom is 0.407 e. The number of aromatic hydroxyl groups is 1. The van der Waals surface area contributed by atoms with Gasteiger partial charge in [-0.3, -0.25) is 4.90 Å². The smallest absolute Gasteiger partial charge is 0.407 e. The molecule has 194 valence electrons. The second-order valence-corrected chi connectivity index (χ2v) is 10.3. The van der Waals surface area contributed by atoms with Crippen molar-refractivity contribution in [1.82, 2.24) is 15.2 Å². The van der Waals surface area contributed by atoms with Crippen LogP contribution in [-0.4, -0.2) is 52.9 Å². The monoisotopic (exact) mass is 505 g/mol. The van der Waals surface area contributed by atoms with Crippen molar-refractivity contribution in [3.63, 3.8) is 0 Å². The van der Waals surface area contributed by atoms with Gasteiger partial charge in [0, 0.05) is 37.0 Å². The zero-order valence-corrected chi connectivity index (χ0v) is 21.4. The molecule has 0 unspecified atom stereocenters. The summed E-state index contributed by atoms with van der Waals surface area (Å²) in [5, 5.41) is 22.8. The predicted octanol–water partition coefficient (Wildman–Crippen LogP) is 5.63. The number of furan rings is 1. The van der Waals surface area contributed by atoms with E-state index in [1.165, 1.54) is 0 Å². The van der Waals surface area contributed by atoms with Crippen LogP contribution in [0.4, 0.5) is 10.6 Å². The first-order valence-electron chi connectivity index (χ1n) is 12.3. The molecule has 0 spiro atoms. The van der Waals surface area contributed by atoms with Gasteiger partial charge in [-0.25, -0.2) is 9.78 Å². The van der Waals surface area contributed by atoms with E-state index in [1.807, 2.05) is 39.0 Å². The quantitative estimate of drug-likeness (QED) is 0.461. The number of nitrogens with zero attached hydrogens (tertiary/aromatic N) is 4. The summed E-state index contributed by atoms with van der Waals surface area (Å²) in [6.07, 6.45) is 4.73. The number of azo groups is 1. The largest absolute Gasteiger partial charge is 0.504 e. The Labute approximate surface area is 215 Å². The molecular formula is C27H31N5O5. The number of alkyl carbamates (subject to hydrolysis) is 1. The number of likely N-dealkylation sites (tertiary alicyclic amines) is 1. The van der Waals surface area contributed by atoms with Crippen LogP contribution in [0.3, 0.4) is 0 Å². The lowest BCUT2D eigenvalue weighted by molar-refractivity contribution is 0.0470. The van der Waals surface area contributed by atoms with E-state index >= 15 is 0 Å². The minimum absolute atomic E-state index is 0.0273. The van der Waals surface area contributed by atoms with E-state index in [9.17, 15) is 9.90 Å². The molecule has 10 heteroatoms. The van der Waals surface area contributed by atoms with E-state index in [1.54, 1.807) is 25.4 Å². The van der Waals surface area contributed by atoms with Crippen LogP contribution in [-0.2, 0) is 11.3 Å². The maximum atomic E-state index is 12.3. The SMILES string of the molecule is COc1ccc2c(O)c(C=C3N=Nc4ncccc43)oc2c1CN1CCC[C@H](NC(=O)OC(C)(C)C)C1. The topological polar surface area (TPSA) is 122 Å². The summed E-state index contributed by atoms with van der Waals surface area (Å²) in [6, 6.07) is 7.28. The van der Waals surface area contributed by atoms with Crippen molar-refractivity contribution in [2.45, 2.75) is 51.8 Å². The number of hydrogen-bond acceptors (Lipinski definition) is 9. The Morgan fingerprint density at radius 1 is 1.30 bits per heavy atom. The van der Waals surface area contributed by atoms with Crippen LogP contribution in [0.15, 0.2) is 45.1 Å². The van der Waals surface area contributed by atoms with Gasteiger partial charge in [0.2, 0.25) is 0 Å². The molecule has 1 saturated heterocycles. The first-order valence-corrected chi connectivity index (χ1v) is 12.3. The van der Waals surface area contributed by atoms with E-state index in [2.05, 4.69) is 25.4 Å². The van der Waals surface area contributed by atoms with Crippen molar-refractivity contribution >= 4 is 34.7 Å². The van der Waals surface area contributed by atoms with Crippen LogP contribution >= 0.6 is 0 Å². The molecule has 1 aromatic carbocycles. The van der Waals surface area contributed by atoms with E-state index in [0.29, 0.717) is 47.1 Å². The van der Waals surface area contributed by atoms with Crippen molar-refractivity contribution in [3.05, 3.63) is 47.3 Å². The molecule has 10 nitrogen and oxygen atoms in total. The summed E-state index contributed by atoms with van der Waals surface area (Å²) in [5.74, 6) is 1.52. The number of nitrogens with one attached hydrogen (secondary N) is 1. The van der Waals surface area contributed by atoms with Gasteiger partial charge in [-0.05, 0) is 64.4 Å². The molecule has 1 atom stereocenters. The molecular weight excluding hydrogens is 474 g/mol.